The van der Waals surface area contributed by atoms with Crippen LogP contribution >= 0.6 is 0 Å². The van der Waals surface area contributed by atoms with Gasteiger partial charge in [0.05, 0.1) is 19.9 Å². The summed E-state index contributed by atoms with van der Waals surface area (Å²) in [6, 6.07) is 5.77. The summed E-state index contributed by atoms with van der Waals surface area (Å²) in [5.41, 5.74) is 0.991. The summed E-state index contributed by atoms with van der Waals surface area (Å²) in [6.07, 6.45) is 2.76. The van der Waals surface area contributed by atoms with Gasteiger partial charge in [0, 0.05) is 14.1 Å². The third-order valence-corrected chi connectivity index (χ3v) is 2.09. The Balaban J connectivity index is 2.87. The first-order valence-electron chi connectivity index (χ1n) is 5.69. The fraction of sp³-hybridized carbons (Fsp3) is 0.462. The van der Waals surface area contributed by atoms with Crippen molar-refractivity contribution >= 4 is 6.21 Å². The molecule has 94 valence electrons. The highest BCUT2D eigenvalue weighted by atomic mass is 16.5. The maximum atomic E-state index is 5.62. The van der Waals surface area contributed by atoms with Crippen LogP contribution in [0.25, 0.3) is 0 Å². The molecular weight excluding hydrogens is 216 g/mol. The average Bonchev–Trinajstić information content (AvgIpc) is 2.33. The normalized spacial score (nSPS) is 10.6. The summed E-state index contributed by atoms with van der Waals surface area (Å²) in [5, 5.41) is 5.93. The summed E-state index contributed by atoms with van der Waals surface area (Å²) >= 11 is 0. The summed E-state index contributed by atoms with van der Waals surface area (Å²) in [5.74, 6) is 1.51. The van der Waals surface area contributed by atoms with Gasteiger partial charge in [-0.1, -0.05) is 6.92 Å². The second-order valence-electron chi connectivity index (χ2n) is 3.85. The molecule has 0 radical (unpaired) electrons. The van der Waals surface area contributed by atoms with Crippen LogP contribution in [0, 0.1) is 0 Å². The molecule has 0 N–H and O–H groups in total. The van der Waals surface area contributed by atoms with Crippen molar-refractivity contribution < 1.29 is 9.47 Å². The minimum atomic E-state index is 0.685. The van der Waals surface area contributed by atoms with Gasteiger partial charge >= 0.3 is 0 Å². The quantitative estimate of drug-likeness (QED) is 0.562. The van der Waals surface area contributed by atoms with Gasteiger partial charge in [0.15, 0.2) is 11.5 Å². The monoisotopic (exact) mass is 236 g/mol. The van der Waals surface area contributed by atoms with E-state index in [0.29, 0.717) is 6.61 Å². The van der Waals surface area contributed by atoms with E-state index in [0.717, 1.165) is 23.5 Å². The minimum absolute atomic E-state index is 0.685. The number of methoxy groups -OCH3 is 1. The molecule has 0 amide bonds. The topological polar surface area (TPSA) is 34.1 Å². The lowest BCUT2D eigenvalue weighted by molar-refractivity contribution is 0.294. The van der Waals surface area contributed by atoms with E-state index in [1.807, 2.05) is 32.3 Å². The van der Waals surface area contributed by atoms with Crippen LogP contribution in [0.5, 0.6) is 11.5 Å². The van der Waals surface area contributed by atoms with E-state index in [2.05, 4.69) is 12.0 Å². The molecule has 0 bridgehead atoms. The summed E-state index contributed by atoms with van der Waals surface area (Å²) < 4.78 is 10.9. The van der Waals surface area contributed by atoms with E-state index in [-0.39, 0.29) is 0 Å². The van der Waals surface area contributed by atoms with Gasteiger partial charge in [-0.2, -0.15) is 5.10 Å². The molecule has 0 fully saturated rings. The second-order valence-corrected chi connectivity index (χ2v) is 3.85. The fourth-order valence-corrected chi connectivity index (χ4v) is 1.28. The molecule has 4 heteroatoms. The Labute approximate surface area is 103 Å². The molecule has 17 heavy (non-hydrogen) atoms. The van der Waals surface area contributed by atoms with Gasteiger partial charge in [-0.15, -0.1) is 0 Å². The second kappa shape index (κ2) is 6.78. The Bertz CT molecular complexity index is 376. The molecule has 0 spiro atoms. The maximum absolute atomic E-state index is 5.62. The van der Waals surface area contributed by atoms with Crippen LogP contribution in [-0.4, -0.2) is 39.0 Å². The summed E-state index contributed by atoms with van der Waals surface area (Å²) in [4.78, 5) is 0. The molecule has 1 aromatic rings. The molecule has 0 saturated heterocycles. The lowest BCUT2D eigenvalue weighted by Gasteiger charge is -2.10. The van der Waals surface area contributed by atoms with Crippen molar-refractivity contribution in [2.75, 3.05) is 27.8 Å². The molecule has 4 nitrogen and oxygen atoms in total. The van der Waals surface area contributed by atoms with Crippen LogP contribution in [0.4, 0.5) is 0 Å². The number of hydrogen-bond donors (Lipinski definition) is 0. The Morgan fingerprint density at radius 1 is 1.29 bits per heavy atom. The van der Waals surface area contributed by atoms with E-state index >= 15 is 0 Å². The van der Waals surface area contributed by atoms with Crippen LogP contribution < -0.4 is 9.47 Å². The first kappa shape index (κ1) is 13.4. The van der Waals surface area contributed by atoms with E-state index in [9.17, 15) is 0 Å². The standard InChI is InChI=1S/C13H20N2O2/c1-5-8-17-13-9-11(10-14-15(2)3)6-7-12(13)16-4/h6-7,9-10H,5,8H2,1-4H3/b14-10+. The highest BCUT2D eigenvalue weighted by Crippen LogP contribution is 2.27. The van der Waals surface area contributed by atoms with Crippen molar-refractivity contribution in [1.82, 2.24) is 5.01 Å². The molecule has 0 aliphatic carbocycles. The first-order valence-corrected chi connectivity index (χ1v) is 5.69. The van der Waals surface area contributed by atoms with Gasteiger partial charge in [-0.25, -0.2) is 0 Å². The number of hydrazone groups is 1. The van der Waals surface area contributed by atoms with Gasteiger partial charge < -0.3 is 14.5 Å². The van der Waals surface area contributed by atoms with Crippen molar-refractivity contribution in [3.63, 3.8) is 0 Å². The van der Waals surface area contributed by atoms with E-state index in [1.165, 1.54) is 0 Å². The SMILES string of the molecule is CCCOc1cc(/C=N/N(C)C)ccc1OC. The van der Waals surface area contributed by atoms with Crippen LogP contribution in [0.1, 0.15) is 18.9 Å². The van der Waals surface area contributed by atoms with Crippen LogP contribution in [0.15, 0.2) is 23.3 Å². The number of hydrogen-bond acceptors (Lipinski definition) is 4. The summed E-state index contributed by atoms with van der Waals surface area (Å²) in [7, 11) is 5.41. The van der Waals surface area contributed by atoms with Crippen LogP contribution in [0.2, 0.25) is 0 Å². The molecule has 0 heterocycles. The average molecular weight is 236 g/mol. The predicted octanol–water partition coefficient (Wildman–Crippen LogP) is 2.38. The van der Waals surface area contributed by atoms with Gasteiger partial charge in [0.1, 0.15) is 0 Å². The number of benzene rings is 1. The molecule has 0 aromatic heterocycles. The molecule has 1 aromatic carbocycles. The Kier molecular flexibility index (Phi) is 5.33. The first-order chi connectivity index (χ1) is 8.17. The van der Waals surface area contributed by atoms with Gasteiger partial charge in [-0.3, -0.25) is 0 Å². The smallest absolute Gasteiger partial charge is 0.161 e. The van der Waals surface area contributed by atoms with Crippen molar-refractivity contribution in [3.05, 3.63) is 23.8 Å². The lowest BCUT2D eigenvalue weighted by Crippen LogP contribution is -2.02. The maximum Gasteiger partial charge on any atom is 0.161 e. The van der Waals surface area contributed by atoms with Crippen molar-refractivity contribution in [3.8, 4) is 11.5 Å². The zero-order valence-electron chi connectivity index (χ0n) is 10.9. The Morgan fingerprint density at radius 3 is 2.65 bits per heavy atom. The van der Waals surface area contributed by atoms with Gasteiger partial charge in [0.25, 0.3) is 0 Å². The molecule has 0 aliphatic rings. The molecule has 0 unspecified atom stereocenters. The fourth-order valence-electron chi connectivity index (χ4n) is 1.28. The van der Waals surface area contributed by atoms with E-state index in [4.69, 9.17) is 9.47 Å². The highest BCUT2D eigenvalue weighted by Gasteiger charge is 2.04. The Morgan fingerprint density at radius 2 is 2.06 bits per heavy atom. The Hall–Kier alpha value is -1.71. The van der Waals surface area contributed by atoms with Gasteiger partial charge in [0.2, 0.25) is 0 Å². The minimum Gasteiger partial charge on any atom is -0.493 e. The third-order valence-electron chi connectivity index (χ3n) is 2.09. The third kappa shape index (κ3) is 4.34. The van der Waals surface area contributed by atoms with Crippen LogP contribution in [0.3, 0.4) is 0 Å². The highest BCUT2D eigenvalue weighted by molar-refractivity contribution is 5.80. The molecular formula is C13H20N2O2. The molecule has 1 rings (SSSR count). The van der Waals surface area contributed by atoms with Gasteiger partial charge in [-0.05, 0) is 30.2 Å². The lowest BCUT2D eigenvalue weighted by atomic mass is 10.2. The van der Waals surface area contributed by atoms with Crippen LogP contribution in [-0.2, 0) is 0 Å². The largest absolute Gasteiger partial charge is 0.493 e. The molecule has 0 aliphatic heterocycles. The number of rotatable bonds is 6. The van der Waals surface area contributed by atoms with Crippen molar-refractivity contribution in [1.29, 1.82) is 0 Å². The number of nitrogens with zero attached hydrogens (tertiary/aromatic N) is 2. The number of ether oxygens (including phenoxy) is 2. The van der Waals surface area contributed by atoms with Crippen molar-refractivity contribution in [2.45, 2.75) is 13.3 Å². The molecule has 0 atom stereocenters. The van der Waals surface area contributed by atoms with E-state index in [1.54, 1.807) is 18.3 Å². The van der Waals surface area contributed by atoms with E-state index < -0.39 is 0 Å². The molecule has 0 saturated carbocycles. The van der Waals surface area contributed by atoms with Crippen molar-refractivity contribution in [2.24, 2.45) is 5.10 Å². The predicted molar refractivity (Wildman–Crippen MR) is 70.1 cm³/mol. The summed E-state index contributed by atoms with van der Waals surface area (Å²) in [6.45, 7) is 2.76. The zero-order chi connectivity index (χ0) is 12.7. The zero-order valence-corrected chi connectivity index (χ0v) is 10.9.